The minimum atomic E-state index is -0.660. The third-order valence-electron chi connectivity index (χ3n) is 3.94. The Kier molecular flexibility index (Phi) is 5.57. The van der Waals surface area contributed by atoms with Crippen LogP contribution in [0.1, 0.15) is 5.56 Å². The van der Waals surface area contributed by atoms with E-state index in [1.165, 1.54) is 30.0 Å². The number of Topliss-reactive ketones (excluding diaryl/α,β-unsaturated/α-hetero) is 1. The Morgan fingerprint density at radius 2 is 2.00 bits per heavy atom. The molecule has 2 aromatic carbocycles. The predicted octanol–water partition coefficient (Wildman–Crippen LogP) is 3.46. The Morgan fingerprint density at radius 3 is 2.70 bits per heavy atom. The molecule has 136 valence electrons. The fourth-order valence-corrected chi connectivity index (χ4v) is 3.79. The largest absolute Gasteiger partial charge is 0.457 e. The SMILES string of the molecule is CN1/C(=C(\C#N)C(=O)COC(=O)Cc2cccc(F)c2)Sc2ccccc21. The van der Waals surface area contributed by atoms with Gasteiger partial charge in [-0.1, -0.05) is 36.0 Å². The third kappa shape index (κ3) is 4.18. The number of benzene rings is 2. The molecule has 0 unspecified atom stereocenters. The van der Waals surface area contributed by atoms with Crippen molar-refractivity contribution in [1.29, 1.82) is 5.26 Å². The summed E-state index contributed by atoms with van der Waals surface area (Å²) in [4.78, 5) is 27.0. The highest BCUT2D eigenvalue weighted by molar-refractivity contribution is 8.03. The lowest BCUT2D eigenvalue weighted by Gasteiger charge is -2.14. The second kappa shape index (κ2) is 8.06. The number of hydrogen-bond acceptors (Lipinski definition) is 6. The van der Waals surface area contributed by atoms with E-state index >= 15 is 0 Å². The number of nitriles is 1. The number of carbonyl (C=O) groups is 2. The Bertz CT molecular complexity index is 981. The smallest absolute Gasteiger partial charge is 0.310 e. The van der Waals surface area contributed by atoms with Crippen LogP contribution in [0, 0.1) is 17.1 Å². The van der Waals surface area contributed by atoms with Crippen molar-refractivity contribution in [2.24, 2.45) is 0 Å². The molecule has 0 bridgehead atoms. The molecule has 0 aromatic heterocycles. The van der Waals surface area contributed by atoms with Gasteiger partial charge in [-0.15, -0.1) is 0 Å². The van der Waals surface area contributed by atoms with Gasteiger partial charge < -0.3 is 9.64 Å². The number of thioether (sulfide) groups is 1. The topological polar surface area (TPSA) is 70.4 Å². The van der Waals surface area contributed by atoms with Gasteiger partial charge in [-0.3, -0.25) is 9.59 Å². The zero-order valence-corrected chi connectivity index (χ0v) is 15.3. The highest BCUT2D eigenvalue weighted by Gasteiger charge is 2.28. The second-order valence-corrected chi connectivity index (χ2v) is 6.84. The summed E-state index contributed by atoms with van der Waals surface area (Å²) in [7, 11) is 1.77. The lowest BCUT2D eigenvalue weighted by atomic mass is 10.1. The number of ketones is 1. The van der Waals surface area contributed by atoms with Crippen LogP contribution < -0.4 is 4.90 Å². The number of hydrogen-bond donors (Lipinski definition) is 0. The molecule has 0 radical (unpaired) electrons. The van der Waals surface area contributed by atoms with E-state index in [2.05, 4.69) is 0 Å². The van der Waals surface area contributed by atoms with Crippen molar-refractivity contribution in [3.63, 3.8) is 0 Å². The van der Waals surface area contributed by atoms with Gasteiger partial charge in [-0.25, -0.2) is 4.39 Å². The first-order valence-corrected chi connectivity index (χ1v) is 8.89. The van der Waals surface area contributed by atoms with Crippen molar-refractivity contribution >= 4 is 29.2 Å². The molecular formula is C20H15FN2O3S. The Balaban J connectivity index is 1.66. The number of esters is 1. The maximum absolute atomic E-state index is 13.1. The fourth-order valence-electron chi connectivity index (χ4n) is 2.63. The molecule has 3 rings (SSSR count). The summed E-state index contributed by atoms with van der Waals surface area (Å²) in [5, 5.41) is 9.94. The molecule has 5 nitrogen and oxygen atoms in total. The van der Waals surface area contributed by atoms with E-state index in [9.17, 15) is 19.2 Å². The summed E-state index contributed by atoms with van der Waals surface area (Å²) in [6, 6.07) is 15.1. The first-order valence-electron chi connectivity index (χ1n) is 8.08. The van der Waals surface area contributed by atoms with E-state index in [4.69, 9.17) is 4.74 Å². The van der Waals surface area contributed by atoms with Crippen molar-refractivity contribution in [3.8, 4) is 6.07 Å². The van der Waals surface area contributed by atoms with Crippen LogP contribution in [0.15, 0.2) is 64.0 Å². The van der Waals surface area contributed by atoms with Gasteiger partial charge in [-0.05, 0) is 29.8 Å². The summed E-state index contributed by atoms with van der Waals surface area (Å²) < 4.78 is 18.1. The zero-order chi connectivity index (χ0) is 19.4. The highest BCUT2D eigenvalue weighted by atomic mass is 32.2. The second-order valence-electron chi connectivity index (χ2n) is 5.81. The van der Waals surface area contributed by atoms with Crippen molar-refractivity contribution in [3.05, 3.63) is 70.5 Å². The quantitative estimate of drug-likeness (QED) is 0.448. The van der Waals surface area contributed by atoms with Crippen LogP contribution in [0.2, 0.25) is 0 Å². The normalized spacial score (nSPS) is 14.3. The van der Waals surface area contributed by atoms with E-state index in [1.54, 1.807) is 18.0 Å². The number of ether oxygens (including phenoxy) is 1. The molecule has 0 atom stereocenters. The molecule has 0 saturated heterocycles. The Labute approximate surface area is 160 Å². The summed E-state index contributed by atoms with van der Waals surface area (Å²) in [5.41, 5.74) is 1.30. The molecule has 1 heterocycles. The maximum Gasteiger partial charge on any atom is 0.310 e. The van der Waals surface area contributed by atoms with Gasteiger partial charge in [0.05, 0.1) is 12.1 Å². The molecule has 0 aliphatic carbocycles. The lowest BCUT2D eigenvalue weighted by molar-refractivity contribution is -0.146. The summed E-state index contributed by atoms with van der Waals surface area (Å²) in [6.45, 7) is -0.536. The van der Waals surface area contributed by atoms with Crippen molar-refractivity contribution in [1.82, 2.24) is 0 Å². The molecule has 2 aromatic rings. The van der Waals surface area contributed by atoms with E-state index < -0.39 is 24.2 Å². The number of anilines is 1. The zero-order valence-electron chi connectivity index (χ0n) is 14.4. The first-order chi connectivity index (χ1) is 13.0. The van der Waals surface area contributed by atoms with Gasteiger partial charge in [0, 0.05) is 11.9 Å². The van der Waals surface area contributed by atoms with E-state index in [0.717, 1.165) is 10.6 Å². The summed E-state index contributed by atoms with van der Waals surface area (Å²) in [5.74, 6) is -1.69. The molecule has 27 heavy (non-hydrogen) atoms. The number of carbonyl (C=O) groups excluding carboxylic acids is 2. The highest BCUT2D eigenvalue weighted by Crippen LogP contribution is 2.46. The van der Waals surface area contributed by atoms with Crippen molar-refractivity contribution in [2.45, 2.75) is 11.3 Å². The average Bonchev–Trinajstić information content (AvgIpc) is 2.98. The van der Waals surface area contributed by atoms with Crippen LogP contribution in [-0.4, -0.2) is 25.4 Å². The number of halogens is 1. The van der Waals surface area contributed by atoms with Crippen LogP contribution in [0.3, 0.4) is 0 Å². The fraction of sp³-hybridized carbons (Fsp3) is 0.150. The van der Waals surface area contributed by atoms with Gasteiger partial charge in [-0.2, -0.15) is 5.26 Å². The summed E-state index contributed by atoms with van der Waals surface area (Å²) >= 11 is 1.32. The molecule has 1 aliphatic rings. The van der Waals surface area contributed by atoms with Crippen LogP contribution in [0.25, 0.3) is 0 Å². The maximum atomic E-state index is 13.1. The van der Waals surface area contributed by atoms with Crippen LogP contribution >= 0.6 is 11.8 Å². The predicted molar refractivity (Wildman–Crippen MR) is 99.4 cm³/mol. The van der Waals surface area contributed by atoms with Gasteiger partial charge in [0.2, 0.25) is 5.78 Å². The van der Waals surface area contributed by atoms with E-state index in [-0.39, 0.29) is 12.0 Å². The Hall–Kier alpha value is -3.11. The first kappa shape index (κ1) is 18.7. The average molecular weight is 382 g/mol. The van der Waals surface area contributed by atoms with Crippen molar-refractivity contribution < 1.29 is 18.7 Å². The third-order valence-corrected chi connectivity index (χ3v) is 5.18. The lowest BCUT2D eigenvalue weighted by Crippen LogP contribution is -2.20. The minimum Gasteiger partial charge on any atom is -0.457 e. The Morgan fingerprint density at radius 1 is 1.22 bits per heavy atom. The summed E-state index contributed by atoms with van der Waals surface area (Å²) in [6.07, 6.45) is -0.149. The minimum absolute atomic E-state index is 0.0581. The number of rotatable bonds is 5. The number of nitrogens with zero attached hydrogens (tertiary/aromatic N) is 2. The van der Waals surface area contributed by atoms with Crippen LogP contribution in [0.4, 0.5) is 10.1 Å². The number of para-hydroxylation sites is 1. The molecule has 7 heteroatoms. The molecule has 0 fully saturated rings. The van der Waals surface area contributed by atoms with Gasteiger partial charge in [0.15, 0.2) is 6.61 Å². The molecule has 0 N–H and O–H groups in total. The molecular weight excluding hydrogens is 367 g/mol. The van der Waals surface area contributed by atoms with E-state index in [0.29, 0.717) is 10.6 Å². The molecule has 1 aliphatic heterocycles. The van der Waals surface area contributed by atoms with Gasteiger partial charge in [0.25, 0.3) is 0 Å². The van der Waals surface area contributed by atoms with Crippen molar-refractivity contribution in [2.75, 3.05) is 18.6 Å². The molecule has 0 spiro atoms. The monoisotopic (exact) mass is 382 g/mol. The van der Waals surface area contributed by atoms with Crippen LogP contribution in [0.5, 0.6) is 0 Å². The van der Waals surface area contributed by atoms with Gasteiger partial charge >= 0.3 is 5.97 Å². The molecule has 0 amide bonds. The van der Waals surface area contributed by atoms with E-state index in [1.807, 2.05) is 30.3 Å². The van der Waals surface area contributed by atoms with Gasteiger partial charge in [0.1, 0.15) is 22.5 Å². The number of fused-ring (bicyclic) bond motifs is 1. The standard InChI is InChI=1S/C20H15FN2O3S/c1-23-16-7-2-3-8-18(16)27-20(23)15(11-22)17(24)12-26-19(25)10-13-5-4-6-14(21)9-13/h2-9H,10,12H2,1H3/b20-15-. The molecule has 0 saturated carbocycles. The van der Waals surface area contributed by atoms with Crippen LogP contribution in [-0.2, 0) is 20.7 Å².